The lowest BCUT2D eigenvalue weighted by Gasteiger charge is -2.22. The summed E-state index contributed by atoms with van der Waals surface area (Å²) < 4.78 is 0. The van der Waals surface area contributed by atoms with Gasteiger partial charge in [0.2, 0.25) is 0 Å². The summed E-state index contributed by atoms with van der Waals surface area (Å²) in [7, 11) is 0. The van der Waals surface area contributed by atoms with Crippen LogP contribution >= 0.6 is 35.8 Å². The van der Waals surface area contributed by atoms with Crippen LogP contribution in [0.5, 0.6) is 0 Å². The Kier molecular flexibility index (Phi) is 2.53. The van der Waals surface area contributed by atoms with Crippen molar-refractivity contribution in [3.63, 3.8) is 0 Å². The Bertz CT molecular complexity index is 1690. The molecule has 0 fully saturated rings. The minimum Gasteiger partial charge on any atom is -0.143 e. The van der Waals surface area contributed by atoms with Crippen LogP contribution in [0.4, 0.5) is 0 Å². The fraction of sp³-hybridized carbons (Fsp3) is 0. The third-order valence-electron chi connectivity index (χ3n) is 6.13. The van der Waals surface area contributed by atoms with E-state index in [2.05, 4.69) is 54.6 Å². The van der Waals surface area contributed by atoms with Gasteiger partial charge in [0.05, 0.1) is 10.0 Å². The molecule has 0 unspecified atom stereocenters. The van der Waals surface area contributed by atoms with Crippen LogP contribution in [0.15, 0.2) is 59.5 Å². The minimum atomic E-state index is 0.592. The first kappa shape index (κ1) is 14.8. The molecule has 0 radical (unpaired) electrons. The summed E-state index contributed by atoms with van der Waals surface area (Å²) in [5.41, 5.74) is 0. The molecule has 3 heteroatoms. The maximum absolute atomic E-state index is 6.77. The van der Waals surface area contributed by atoms with Crippen molar-refractivity contribution in [3.05, 3.63) is 64.6 Å². The molecular formula is C24H10Cl2S. The lowest BCUT2D eigenvalue weighted by Crippen LogP contribution is -1.94. The van der Waals surface area contributed by atoms with Crippen LogP contribution in [0.25, 0.3) is 64.6 Å². The van der Waals surface area contributed by atoms with Gasteiger partial charge in [0.25, 0.3) is 0 Å². The van der Waals surface area contributed by atoms with Crippen molar-refractivity contribution in [3.8, 4) is 0 Å². The average Bonchev–Trinajstić information content (AvgIpc) is 2.69. The van der Waals surface area contributed by atoms with Crippen LogP contribution in [0.2, 0.25) is 10.0 Å². The maximum atomic E-state index is 6.77. The lowest BCUT2D eigenvalue weighted by molar-refractivity contribution is 1.62. The van der Waals surface area contributed by atoms with Gasteiger partial charge in [-0.1, -0.05) is 71.7 Å². The Morgan fingerprint density at radius 3 is 1.59 bits per heavy atom. The first-order valence-corrected chi connectivity index (χ1v) is 10.0. The van der Waals surface area contributed by atoms with Crippen molar-refractivity contribution < 1.29 is 0 Å². The molecule has 7 aromatic carbocycles. The van der Waals surface area contributed by atoms with Crippen LogP contribution in [0.1, 0.15) is 0 Å². The molecule has 0 aliphatic heterocycles. The van der Waals surface area contributed by atoms with Gasteiger partial charge < -0.3 is 0 Å². The number of benzene rings is 7. The monoisotopic (exact) mass is 400 g/mol. The SMILES string of the molecule is Sc1cc2ccc3ccc4ccc5ccc6c(Cl)c(Cl)c1c1c2c3c4c5c61. The largest absolute Gasteiger partial charge is 0.143 e. The molecule has 0 spiro atoms. The van der Waals surface area contributed by atoms with Gasteiger partial charge in [0, 0.05) is 26.4 Å². The quantitative estimate of drug-likeness (QED) is 0.147. The molecule has 0 heterocycles. The highest BCUT2D eigenvalue weighted by Crippen LogP contribution is 2.52. The third-order valence-corrected chi connectivity index (χ3v) is 7.35. The fourth-order valence-electron chi connectivity index (χ4n) is 5.07. The Hall–Kier alpha value is -2.19. The van der Waals surface area contributed by atoms with E-state index in [0.717, 1.165) is 15.7 Å². The molecule has 0 saturated carbocycles. The number of thiol groups is 1. The van der Waals surface area contributed by atoms with Gasteiger partial charge in [0.1, 0.15) is 0 Å². The minimum absolute atomic E-state index is 0.592. The van der Waals surface area contributed by atoms with E-state index in [0.29, 0.717) is 10.0 Å². The highest BCUT2D eigenvalue weighted by molar-refractivity contribution is 7.80. The van der Waals surface area contributed by atoms with E-state index in [-0.39, 0.29) is 0 Å². The third kappa shape index (κ3) is 1.54. The fourth-order valence-corrected chi connectivity index (χ4v) is 6.05. The topological polar surface area (TPSA) is 0 Å². The van der Waals surface area contributed by atoms with E-state index in [1.54, 1.807) is 0 Å². The second-order valence-electron chi connectivity index (χ2n) is 7.35. The highest BCUT2D eigenvalue weighted by Gasteiger charge is 2.24. The molecule has 0 atom stereocenters. The van der Waals surface area contributed by atoms with Crippen molar-refractivity contribution in [2.24, 2.45) is 0 Å². The molecule has 0 amide bonds. The zero-order valence-corrected chi connectivity index (χ0v) is 16.3. The summed E-state index contributed by atoms with van der Waals surface area (Å²) in [5, 5.41) is 15.7. The Balaban J connectivity index is 2.09. The Morgan fingerprint density at radius 2 is 0.963 bits per heavy atom. The van der Waals surface area contributed by atoms with Crippen molar-refractivity contribution >= 4 is 100 Å². The normalized spacial score (nSPS) is 13.0. The van der Waals surface area contributed by atoms with Crippen LogP contribution in [-0.4, -0.2) is 0 Å². The molecule has 0 nitrogen and oxygen atoms in total. The van der Waals surface area contributed by atoms with E-state index in [4.69, 9.17) is 35.8 Å². The van der Waals surface area contributed by atoms with Gasteiger partial charge in [-0.15, -0.1) is 12.6 Å². The van der Waals surface area contributed by atoms with Gasteiger partial charge in [-0.3, -0.25) is 0 Å². The summed E-state index contributed by atoms with van der Waals surface area (Å²) in [6.07, 6.45) is 0. The molecule has 0 aliphatic rings. The maximum Gasteiger partial charge on any atom is 0.0688 e. The predicted molar refractivity (Wildman–Crippen MR) is 122 cm³/mol. The van der Waals surface area contributed by atoms with Gasteiger partial charge in [-0.2, -0.15) is 0 Å². The van der Waals surface area contributed by atoms with Crippen LogP contribution < -0.4 is 0 Å². The zero-order valence-electron chi connectivity index (χ0n) is 13.9. The molecule has 27 heavy (non-hydrogen) atoms. The van der Waals surface area contributed by atoms with Crippen molar-refractivity contribution in [1.82, 2.24) is 0 Å². The summed E-state index contributed by atoms with van der Waals surface area (Å²) in [6, 6.07) is 19.6. The lowest BCUT2D eigenvalue weighted by atomic mass is 9.83. The smallest absolute Gasteiger partial charge is 0.0688 e. The predicted octanol–water partition coefficient (Wildman–Crippen LogP) is 8.51. The molecule has 0 aromatic heterocycles. The van der Waals surface area contributed by atoms with Crippen LogP contribution in [-0.2, 0) is 0 Å². The molecule has 126 valence electrons. The van der Waals surface area contributed by atoms with E-state index in [1.165, 1.54) is 53.9 Å². The number of halogens is 2. The molecule has 0 aliphatic carbocycles. The molecule has 0 N–H and O–H groups in total. The van der Waals surface area contributed by atoms with Crippen LogP contribution in [0, 0.1) is 0 Å². The van der Waals surface area contributed by atoms with E-state index >= 15 is 0 Å². The number of rotatable bonds is 0. The van der Waals surface area contributed by atoms with E-state index in [1.807, 2.05) is 0 Å². The second-order valence-corrected chi connectivity index (χ2v) is 8.59. The molecule has 7 aromatic rings. The highest BCUT2D eigenvalue weighted by atomic mass is 35.5. The zero-order chi connectivity index (χ0) is 18.0. The first-order chi connectivity index (χ1) is 13.1. The first-order valence-electron chi connectivity index (χ1n) is 8.82. The Labute approximate surface area is 169 Å². The standard InChI is InChI=1S/C24H10Cl2S/c25-23-14-8-7-12-4-3-10-1-2-11-5-6-13-9-15(27)21(24(23)26)22-19(13)17(11)16(10)18(12)20(14)22/h1-9,27H. The average molecular weight is 401 g/mol. The summed E-state index contributed by atoms with van der Waals surface area (Å²) in [5.74, 6) is 0. The van der Waals surface area contributed by atoms with E-state index < -0.39 is 0 Å². The number of hydrogen-bond acceptors (Lipinski definition) is 1. The molecular weight excluding hydrogens is 391 g/mol. The summed E-state index contributed by atoms with van der Waals surface area (Å²) >= 11 is 18.3. The van der Waals surface area contributed by atoms with Crippen molar-refractivity contribution in [2.45, 2.75) is 4.90 Å². The Morgan fingerprint density at radius 1 is 0.481 bits per heavy atom. The van der Waals surface area contributed by atoms with Gasteiger partial charge in [0.15, 0.2) is 0 Å². The van der Waals surface area contributed by atoms with Gasteiger partial charge in [-0.25, -0.2) is 0 Å². The van der Waals surface area contributed by atoms with E-state index in [9.17, 15) is 0 Å². The van der Waals surface area contributed by atoms with Gasteiger partial charge in [-0.05, 0) is 49.2 Å². The second kappa shape index (κ2) is 4.62. The van der Waals surface area contributed by atoms with Crippen molar-refractivity contribution in [2.75, 3.05) is 0 Å². The molecule has 0 bridgehead atoms. The van der Waals surface area contributed by atoms with Gasteiger partial charge >= 0.3 is 0 Å². The van der Waals surface area contributed by atoms with Crippen molar-refractivity contribution in [1.29, 1.82) is 0 Å². The molecule has 7 rings (SSSR count). The van der Waals surface area contributed by atoms with Crippen LogP contribution in [0.3, 0.4) is 0 Å². The molecule has 0 saturated heterocycles. The summed E-state index contributed by atoms with van der Waals surface area (Å²) in [6.45, 7) is 0. The summed E-state index contributed by atoms with van der Waals surface area (Å²) in [4.78, 5) is 0.870. The number of hydrogen-bond donors (Lipinski definition) is 1.